The van der Waals surface area contributed by atoms with E-state index in [2.05, 4.69) is 4.40 Å². The largest absolute Gasteiger partial charge is 0.591 e. The van der Waals surface area contributed by atoms with Crippen molar-refractivity contribution in [2.45, 2.75) is 71.7 Å². The first-order valence-electron chi connectivity index (χ1n) is 7.85. The van der Waals surface area contributed by atoms with E-state index in [1.54, 1.807) is 4.90 Å². The van der Waals surface area contributed by atoms with Crippen LogP contribution in [-0.2, 0) is 16.1 Å². The second kappa shape index (κ2) is 7.21. The van der Waals surface area contributed by atoms with Crippen LogP contribution < -0.4 is 0 Å². The van der Waals surface area contributed by atoms with Crippen LogP contribution in [0, 0.1) is 5.92 Å². The third kappa shape index (κ3) is 6.16. The molecule has 6 heteroatoms. The summed E-state index contributed by atoms with van der Waals surface area (Å²) in [6.45, 7) is 14.6. The number of carbonyl (C=O) groups excluding carboxylic acids is 1. The Morgan fingerprint density at radius 2 is 1.68 bits per heavy atom. The summed E-state index contributed by atoms with van der Waals surface area (Å²) in [7, 11) is 0. The van der Waals surface area contributed by atoms with Crippen LogP contribution >= 0.6 is 0 Å². The molecule has 0 aromatic heterocycles. The Balaban J connectivity index is 2.55. The van der Waals surface area contributed by atoms with Crippen LogP contribution in [0.15, 0.2) is 4.40 Å². The van der Waals surface area contributed by atoms with Gasteiger partial charge in [-0.1, -0.05) is 4.40 Å². The number of ether oxygens (including phenoxy) is 1. The minimum atomic E-state index is -1.22. The maximum Gasteiger partial charge on any atom is 0.410 e. The molecule has 1 aliphatic heterocycles. The molecule has 0 saturated carbocycles. The van der Waals surface area contributed by atoms with Crippen LogP contribution in [0.5, 0.6) is 0 Å². The van der Waals surface area contributed by atoms with E-state index in [9.17, 15) is 9.35 Å². The molecular weight excluding hydrogens is 300 g/mol. The first-order valence-corrected chi connectivity index (χ1v) is 8.96. The van der Waals surface area contributed by atoms with Gasteiger partial charge in [0.05, 0.1) is 5.71 Å². The van der Waals surface area contributed by atoms with E-state index in [-0.39, 0.29) is 10.8 Å². The Hall–Kier alpha value is -0.750. The fraction of sp³-hybridized carbons (Fsp3) is 0.875. The molecule has 1 aliphatic rings. The lowest BCUT2D eigenvalue weighted by Gasteiger charge is -2.33. The van der Waals surface area contributed by atoms with Gasteiger partial charge in [0, 0.05) is 19.0 Å². The van der Waals surface area contributed by atoms with Crippen LogP contribution in [0.25, 0.3) is 0 Å². The van der Waals surface area contributed by atoms with E-state index in [1.807, 2.05) is 48.5 Å². The van der Waals surface area contributed by atoms with Crippen molar-refractivity contribution in [1.29, 1.82) is 0 Å². The second-order valence-electron chi connectivity index (χ2n) is 7.84. The highest BCUT2D eigenvalue weighted by Gasteiger charge is 2.31. The second-order valence-corrected chi connectivity index (χ2v) is 9.74. The molecule has 0 bridgehead atoms. The van der Waals surface area contributed by atoms with Gasteiger partial charge in [0.1, 0.15) is 21.7 Å². The zero-order valence-corrected chi connectivity index (χ0v) is 15.7. The van der Waals surface area contributed by atoms with Gasteiger partial charge >= 0.3 is 6.09 Å². The van der Waals surface area contributed by atoms with Crippen molar-refractivity contribution in [2.24, 2.45) is 10.3 Å². The smallest absolute Gasteiger partial charge is 0.410 e. The van der Waals surface area contributed by atoms with Crippen molar-refractivity contribution in [3.8, 4) is 0 Å². The van der Waals surface area contributed by atoms with E-state index in [0.29, 0.717) is 19.0 Å². The van der Waals surface area contributed by atoms with E-state index in [4.69, 9.17) is 4.74 Å². The monoisotopic (exact) mass is 330 g/mol. The van der Waals surface area contributed by atoms with Gasteiger partial charge in [-0.25, -0.2) is 4.79 Å². The van der Waals surface area contributed by atoms with Crippen LogP contribution in [0.4, 0.5) is 4.79 Å². The number of nitrogens with zero attached hydrogens (tertiary/aromatic N) is 2. The molecule has 0 aliphatic carbocycles. The molecular formula is C16H30N2O3S. The van der Waals surface area contributed by atoms with Crippen molar-refractivity contribution >= 4 is 23.2 Å². The normalized spacial score (nSPS) is 20.0. The molecule has 0 aromatic carbocycles. The summed E-state index contributed by atoms with van der Waals surface area (Å²) < 4.78 is 21.5. The van der Waals surface area contributed by atoms with Crippen molar-refractivity contribution in [2.75, 3.05) is 13.1 Å². The van der Waals surface area contributed by atoms with Crippen LogP contribution in [0.3, 0.4) is 0 Å². The predicted octanol–water partition coefficient (Wildman–Crippen LogP) is 3.56. The fourth-order valence-corrected chi connectivity index (χ4v) is 2.83. The van der Waals surface area contributed by atoms with Gasteiger partial charge < -0.3 is 14.2 Å². The lowest BCUT2D eigenvalue weighted by atomic mass is 9.93. The van der Waals surface area contributed by atoms with Crippen molar-refractivity contribution in [3.63, 3.8) is 0 Å². The fourth-order valence-electron chi connectivity index (χ4n) is 2.15. The third-order valence-electron chi connectivity index (χ3n) is 3.49. The number of carbonyl (C=O) groups is 1. The summed E-state index contributed by atoms with van der Waals surface area (Å²) >= 11 is -1.22. The molecule has 5 nitrogen and oxygen atoms in total. The van der Waals surface area contributed by atoms with Gasteiger partial charge in [-0.3, -0.25) is 0 Å². The molecule has 1 unspecified atom stereocenters. The summed E-state index contributed by atoms with van der Waals surface area (Å²) in [5.74, 6) is 0.296. The molecule has 0 aromatic rings. The zero-order valence-electron chi connectivity index (χ0n) is 14.9. The number of piperidine rings is 1. The summed E-state index contributed by atoms with van der Waals surface area (Å²) in [6, 6.07) is 0. The third-order valence-corrected chi connectivity index (χ3v) is 4.99. The van der Waals surface area contributed by atoms with Gasteiger partial charge in [-0.2, -0.15) is 0 Å². The Morgan fingerprint density at radius 3 is 2.09 bits per heavy atom. The average molecular weight is 330 g/mol. The molecule has 1 rings (SSSR count). The summed E-state index contributed by atoms with van der Waals surface area (Å²) in [5, 5.41) is 0. The van der Waals surface area contributed by atoms with Crippen LogP contribution in [0.1, 0.15) is 61.3 Å². The molecule has 1 saturated heterocycles. The minimum Gasteiger partial charge on any atom is -0.591 e. The lowest BCUT2D eigenvalue weighted by molar-refractivity contribution is 0.0201. The molecule has 1 atom stereocenters. The summed E-state index contributed by atoms with van der Waals surface area (Å²) in [5.41, 5.74) is 0.464. The molecule has 0 radical (unpaired) electrons. The molecule has 1 heterocycles. The maximum atomic E-state index is 12.1. The highest BCUT2D eigenvalue weighted by atomic mass is 32.2. The average Bonchev–Trinajstić information content (AvgIpc) is 2.35. The Kier molecular flexibility index (Phi) is 6.33. The van der Waals surface area contributed by atoms with Gasteiger partial charge in [-0.05, 0) is 61.3 Å². The number of rotatable bonds is 2. The molecule has 128 valence electrons. The molecule has 0 N–H and O–H groups in total. The number of hydrogen-bond donors (Lipinski definition) is 0. The van der Waals surface area contributed by atoms with E-state index >= 15 is 0 Å². The number of likely N-dealkylation sites (tertiary alicyclic amines) is 1. The lowest BCUT2D eigenvalue weighted by Crippen LogP contribution is -2.42. The van der Waals surface area contributed by atoms with Crippen molar-refractivity contribution in [3.05, 3.63) is 0 Å². The summed E-state index contributed by atoms with van der Waals surface area (Å²) in [4.78, 5) is 13.8. The van der Waals surface area contributed by atoms with E-state index in [1.165, 1.54) is 0 Å². The highest BCUT2D eigenvalue weighted by Crippen LogP contribution is 2.24. The van der Waals surface area contributed by atoms with E-state index in [0.717, 1.165) is 18.6 Å². The Labute approximate surface area is 137 Å². The minimum absolute atomic E-state index is 0.251. The first kappa shape index (κ1) is 19.3. The molecule has 1 amide bonds. The molecule has 0 spiro atoms. The maximum absolute atomic E-state index is 12.1. The SMILES string of the molecule is C/C(=N\[S+]([O-])C(C)(C)C)C1CCN(C(=O)OC(C)(C)C)CC1. The molecule has 22 heavy (non-hydrogen) atoms. The standard InChI is InChI=1S/C16H30N2O3S/c1-12(17-22(20)16(5,6)7)13-8-10-18(11-9-13)14(19)21-15(2,3)4/h13H,8-11H2,1-7H3/b17-12+. The van der Waals surface area contributed by atoms with Gasteiger partial charge in [0.15, 0.2) is 0 Å². The highest BCUT2D eigenvalue weighted by molar-refractivity contribution is 7.91. The van der Waals surface area contributed by atoms with Crippen LogP contribution in [-0.4, -0.2) is 44.7 Å². The van der Waals surface area contributed by atoms with Crippen LogP contribution in [0.2, 0.25) is 0 Å². The summed E-state index contributed by atoms with van der Waals surface area (Å²) in [6.07, 6.45) is 1.44. The van der Waals surface area contributed by atoms with Gasteiger partial charge in [0.2, 0.25) is 0 Å². The molecule has 1 fully saturated rings. The van der Waals surface area contributed by atoms with Gasteiger partial charge in [-0.15, -0.1) is 0 Å². The van der Waals surface area contributed by atoms with E-state index < -0.39 is 17.0 Å². The predicted molar refractivity (Wildman–Crippen MR) is 91.5 cm³/mol. The Morgan fingerprint density at radius 1 is 1.18 bits per heavy atom. The van der Waals surface area contributed by atoms with Crippen molar-refractivity contribution in [1.82, 2.24) is 4.90 Å². The first-order chi connectivity index (χ1) is 9.90. The van der Waals surface area contributed by atoms with Crippen molar-refractivity contribution < 1.29 is 14.1 Å². The quantitative estimate of drug-likeness (QED) is 0.574. The zero-order chi connectivity index (χ0) is 17.1. The topological polar surface area (TPSA) is 65.0 Å². The number of hydrogen-bond acceptors (Lipinski definition) is 4. The number of amides is 1. The Bertz CT molecular complexity index is 416. The van der Waals surface area contributed by atoms with Gasteiger partial charge in [0.25, 0.3) is 0 Å².